The molecular formula is C22H41IN6O. The Morgan fingerprint density at radius 1 is 0.933 bits per heavy atom. The molecule has 0 bridgehead atoms. The topological polar surface area (TPSA) is 63.2 Å². The minimum absolute atomic E-state index is 0. The van der Waals surface area contributed by atoms with E-state index in [0.717, 1.165) is 64.1 Å². The number of rotatable bonds is 6. The summed E-state index contributed by atoms with van der Waals surface area (Å²) in [7, 11) is 1.86. The Bertz CT molecular complexity index is 562. The summed E-state index contributed by atoms with van der Waals surface area (Å²) >= 11 is 0. The van der Waals surface area contributed by atoms with Crippen molar-refractivity contribution in [2.45, 2.75) is 63.5 Å². The minimum Gasteiger partial charge on any atom is -0.355 e. The lowest BCUT2D eigenvalue weighted by atomic mass is 10.1. The fraction of sp³-hybridized carbons (Fsp3) is 0.909. The van der Waals surface area contributed by atoms with E-state index in [9.17, 15) is 4.79 Å². The molecule has 0 unspecified atom stereocenters. The molecule has 2 aliphatic carbocycles. The van der Waals surface area contributed by atoms with Crippen LogP contribution in [0.5, 0.6) is 0 Å². The monoisotopic (exact) mass is 532 g/mol. The van der Waals surface area contributed by atoms with Crippen LogP contribution in [0.25, 0.3) is 0 Å². The van der Waals surface area contributed by atoms with Crippen LogP contribution in [0, 0.1) is 5.92 Å². The molecule has 0 aromatic heterocycles. The van der Waals surface area contributed by atoms with E-state index >= 15 is 0 Å². The van der Waals surface area contributed by atoms with E-state index in [4.69, 9.17) is 0 Å². The number of piperidine rings is 1. The number of nitrogens with zero attached hydrogens (tertiary/aromatic N) is 4. The highest BCUT2D eigenvalue weighted by Gasteiger charge is 2.32. The van der Waals surface area contributed by atoms with Gasteiger partial charge in [0.2, 0.25) is 5.91 Å². The molecule has 30 heavy (non-hydrogen) atoms. The summed E-state index contributed by atoms with van der Waals surface area (Å²) in [4.78, 5) is 24.2. The van der Waals surface area contributed by atoms with Gasteiger partial charge in [-0.2, -0.15) is 0 Å². The quantitative estimate of drug-likeness (QED) is 0.310. The maximum absolute atomic E-state index is 12.6. The molecule has 172 valence electrons. The van der Waals surface area contributed by atoms with Crippen molar-refractivity contribution in [3.8, 4) is 0 Å². The number of hydrogen-bond acceptors (Lipinski definition) is 4. The summed E-state index contributed by atoms with van der Waals surface area (Å²) in [6.07, 6.45) is 9.93. The average molecular weight is 533 g/mol. The summed E-state index contributed by atoms with van der Waals surface area (Å²) in [5, 5.41) is 7.11. The number of carbonyl (C=O) groups excluding carboxylic acids is 1. The molecule has 0 aromatic rings. The number of guanidine groups is 1. The number of aliphatic imine (C=N–C) groups is 1. The highest BCUT2D eigenvalue weighted by Crippen LogP contribution is 2.29. The number of piperazine rings is 1. The van der Waals surface area contributed by atoms with Crippen LogP contribution in [0.3, 0.4) is 0 Å². The smallest absolute Gasteiger partial charge is 0.225 e. The zero-order valence-corrected chi connectivity index (χ0v) is 21.0. The predicted molar refractivity (Wildman–Crippen MR) is 133 cm³/mol. The molecule has 0 radical (unpaired) electrons. The first kappa shape index (κ1) is 24.0. The van der Waals surface area contributed by atoms with E-state index in [2.05, 4.69) is 30.3 Å². The normalized spacial score (nSPS) is 25.2. The lowest BCUT2D eigenvalue weighted by Crippen LogP contribution is -2.53. The molecule has 2 heterocycles. The van der Waals surface area contributed by atoms with Crippen LogP contribution in [-0.2, 0) is 4.79 Å². The second-order valence-corrected chi connectivity index (χ2v) is 9.33. The number of halogens is 1. The van der Waals surface area contributed by atoms with Gasteiger partial charge in [-0.15, -0.1) is 24.0 Å². The Morgan fingerprint density at radius 2 is 1.60 bits per heavy atom. The molecule has 8 heteroatoms. The molecule has 0 atom stereocenters. The van der Waals surface area contributed by atoms with Crippen LogP contribution in [0.2, 0.25) is 0 Å². The third-order valence-corrected chi connectivity index (χ3v) is 7.27. The van der Waals surface area contributed by atoms with Crippen LogP contribution in [0.1, 0.15) is 51.4 Å². The molecular weight excluding hydrogens is 491 g/mol. The molecule has 2 aliphatic heterocycles. The van der Waals surface area contributed by atoms with Gasteiger partial charge in [0.25, 0.3) is 0 Å². The predicted octanol–water partition coefficient (Wildman–Crippen LogP) is 1.73. The standard InChI is InChI=1S/C22H40N6O.HI/c1-23-22(25-19-8-11-27(12-9-19)20-6-7-20)24-10-13-26-14-16-28(17-15-26)21(29)18-4-2-3-5-18;/h18-20H,2-17H2,1H3,(H2,23,24,25);1H. The second kappa shape index (κ2) is 11.9. The van der Waals surface area contributed by atoms with Gasteiger partial charge in [-0.1, -0.05) is 12.8 Å². The first-order valence-corrected chi connectivity index (χ1v) is 12.0. The van der Waals surface area contributed by atoms with Gasteiger partial charge in [0.15, 0.2) is 5.96 Å². The van der Waals surface area contributed by atoms with Crippen molar-refractivity contribution in [1.29, 1.82) is 0 Å². The molecule has 1 amide bonds. The van der Waals surface area contributed by atoms with Crippen molar-refractivity contribution < 1.29 is 4.79 Å². The molecule has 2 saturated carbocycles. The first-order chi connectivity index (χ1) is 14.2. The summed E-state index contributed by atoms with van der Waals surface area (Å²) in [6.45, 7) is 8.12. The van der Waals surface area contributed by atoms with Crippen molar-refractivity contribution in [2.75, 3.05) is 59.4 Å². The molecule has 2 N–H and O–H groups in total. The number of amides is 1. The van der Waals surface area contributed by atoms with Gasteiger partial charge in [0.1, 0.15) is 0 Å². The zero-order chi connectivity index (χ0) is 20.1. The van der Waals surface area contributed by atoms with Gasteiger partial charge >= 0.3 is 0 Å². The van der Waals surface area contributed by atoms with Crippen molar-refractivity contribution >= 4 is 35.8 Å². The number of nitrogens with one attached hydrogen (secondary N) is 2. The van der Waals surface area contributed by atoms with E-state index in [1.807, 2.05) is 7.05 Å². The van der Waals surface area contributed by atoms with Gasteiger partial charge in [-0.25, -0.2) is 0 Å². The number of hydrogen-bond donors (Lipinski definition) is 2. The second-order valence-electron chi connectivity index (χ2n) is 9.33. The molecule has 4 aliphatic rings. The van der Waals surface area contributed by atoms with Crippen molar-refractivity contribution in [1.82, 2.24) is 25.3 Å². The van der Waals surface area contributed by atoms with E-state index < -0.39 is 0 Å². The zero-order valence-electron chi connectivity index (χ0n) is 18.7. The van der Waals surface area contributed by atoms with Crippen LogP contribution < -0.4 is 10.6 Å². The van der Waals surface area contributed by atoms with Gasteiger partial charge < -0.3 is 20.4 Å². The van der Waals surface area contributed by atoms with Gasteiger partial charge in [0, 0.05) is 77.4 Å². The van der Waals surface area contributed by atoms with Gasteiger partial charge in [-0.05, 0) is 38.5 Å². The summed E-state index contributed by atoms with van der Waals surface area (Å²) < 4.78 is 0. The summed E-state index contributed by atoms with van der Waals surface area (Å²) in [6, 6.07) is 1.43. The fourth-order valence-corrected chi connectivity index (χ4v) is 5.19. The number of likely N-dealkylation sites (tertiary alicyclic amines) is 1. The average Bonchev–Trinajstić information content (AvgIpc) is 3.47. The molecule has 0 spiro atoms. The van der Waals surface area contributed by atoms with E-state index in [1.165, 1.54) is 51.6 Å². The Morgan fingerprint density at radius 3 is 2.20 bits per heavy atom. The molecule has 4 fully saturated rings. The molecule has 2 saturated heterocycles. The SMILES string of the molecule is CN=C(NCCN1CCN(C(=O)C2CCCC2)CC1)NC1CCN(C2CC2)CC1.I. The highest BCUT2D eigenvalue weighted by atomic mass is 127. The third-order valence-electron chi connectivity index (χ3n) is 7.27. The number of carbonyl (C=O) groups is 1. The Hall–Kier alpha value is -0.610. The lowest BCUT2D eigenvalue weighted by molar-refractivity contribution is -0.137. The van der Waals surface area contributed by atoms with Crippen molar-refractivity contribution in [2.24, 2.45) is 10.9 Å². The van der Waals surface area contributed by atoms with Crippen LogP contribution in [0.4, 0.5) is 0 Å². The largest absolute Gasteiger partial charge is 0.355 e. The molecule has 4 rings (SSSR count). The Balaban J connectivity index is 0.00000256. The van der Waals surface area contributed by atoms with Crippen molar-refractivity contribution in [3.63, 3.8) is 0 Å². The fourth-order valence-electron chi connectivity index (χ4n) is 5.19. The first-order valence-electron chi connectivity index (χ1n) is 12.0. The van der Waals surface area contributed by atoms with Crippen molar-refractivity contribution in [3.05, 3.63) is 0 Å². The highest BCUT2D eigenvalue weighted by molar-refractivity contribution is 14.0. The molecule has 7 nitrogen and oxygen atoms in total. The third kappa shape index (κ3) is 6.69. The maximum atomic E-state index is 12.6. The van der Waals surface area contributed by atoms with Gasteiger partial charge in [-0.3, -0.25) is 14.7 Å². The molecule has 0 aromatic carbocycles. The summed E-state index contributed by atoms with van der Waals surface area (Å²) in [5.74, 6) is 1.66. The van der Waals surface area contributed by atoms with Crippen LogP contribution >= 0.6 is 24.0 Å². The van der Waals surface area contributed by atoms with E-state index in [1.54, 1.807) is 0 Å². The Kier molecular flexibility index (Phi) is 9.50. The maximum Gasteiger partial charge on any atom is 0.225 e. The van der Waals surface area contributed by atoms with Gasteiger partial charge in [0.05, 0.1) is 0 Å². The minimum atomic E-state index is 0. The van der Waals surface area contributed by atoms with Crippen LogP contribution in [-0.4, -0.2) is 98.1 Å². The van der Waals surface area contributed by atoms with Crippen LogP contribution in [0.15, 0.2) is 4.99 Å². The lowest BCUT2D eigenvalue weighted by Gasteiger charge is -2.36. The van der Waals surface area contributed by atoms with E-state index in [0.29, 0.717) is 17.9 Å². The Labute approximate surface area is 199 Å². The van der Waals surface area contributed by atoms with E-state index in [-0.39, 0.29) is 24.0 Å². The summed E-state index contributed by atoms with van der Waals surface area (Å²) in [5.41, 5.74) is 0.